The van der Waals surface area contributed by atoms with Crippen molar-refractivity contribution in [1.82, 2.24) is 25.2 Å². The Hall–Kier alpha value is -4.44. The number of rotatable bonds is 7. The maximum Gasteiger partial charge on any atom is 0.408 e. The van der Waals surface area contributed by atoms with Crippen LogP contribution in [0, 0.1) is 17.8 Å². The van der Waals surface area contributed by atoms with Gasteiger partial charge in [0.2, 0.25) is 27.7 Å². The maximum absolute atomic E-state index is 14.9. The van der Waals surface area contributed by atoms with Crippen LogP contribution in [0.5, 0.6) is 5.88 Å². The molecule has 7 rings (SSSR count). The lowest BCUT2D eigenvalue weighted by Crippen LogP contribution is -2.59. The van der Waals surface area contributed by atoms with Gasteiger partial charge in [0.15, 0.2) is 0 Å². The lowest BCUT2D eigenvalue weighted by atomic mass is 9.88. The highest BCUT2D eigenvalue weighted by atomic mass is 32.2. The fourth-order valence-electron chi connectivity index (χ4n) is 8.53. The highest BCUT2D eigenvalue weighted by Gasteiger charge is 2.63. The van der Waals surface area contributed by atoms with E-state index in [1.54, 1.807) is 33.9 Å². The monoisotopic (exact) mass is 822 g/mol. The topological polar surface area (TPSA) is 186 Å². The number of pyridine rings is 1. The average molecular weight is 823 g/mol. The normalized spacial score (nSPS) is 30.8. The van der Waals surface area contributed by atoms with Crippen LogP contribution in [0.4, 0.5) is 10.5 Å². The van der Waals surface area contributed by atoms with Crippen LogP contribution in [0.25, 0.3) is 10.8 Å². The molecule has 4 fully saturated rings. The predicted molar refractivity (Wildman–Crippen MR) is 217 cm³/mol. The summed E-state index contributed by atoms with van der Waals surface area (Å²) in [5.74, 6) is -2.18. The minimum absolute atomic E-state index is 0.0117. The molecule has 7 atom stereocenters. The second-order valence-corrected chi connectivity index (χ2v) is 20.4. The highest BCUT2D eigenvalue weighted by molar-refractivity contribution is 7.91. The number of amides is 4. The summed E-state index contributed by atoms with van der Waals surface area (Å²) in [4.78, 5) is 65.0. The van der Waals surface area contributed by atoms with Gasteiger partial charge < -0.3 is 34.6 Å². The Bertz CT molecular complexity index is 2060. The number of hydrogen-bond donors (Lipinski definition) is 3. The van der Waals surface area contributed by atoms with Crippen molar-refractivity contribution >= 4 is 50.3 Å². The van der Waals surface area contributed by atoms with Crippen LogP contribution in [-0.4, -0.2) is 109 Å². The zero-order valence-corrected chi connectivity index (χ0v) is 35.2. The quantitative estimate of drug-likeness (QED) is 0.340. The molecule has 2 saturated heterocycles. The van der Waals surface area contributed by atoms with Crippen LogP contribution < -0.4 is 25.0 Å². The summed E-state index contributed by atoms with van der Waals surface area (Å²) in [6, 6.07) is 5.69. The Morgan fingerprint density at radius 3 is 2.50 bits per heavy atom. The van der Waals surface area contributed by atoms with Gasteiger partial charge in [0, 0.05) is 48.1 Å². The third-order valence-electron chi connectivity index (χ3n) is 12.3. The number of morpholine rings is 1. The number of carbonyl (C=O) groups excluding carboxylic acids is 4. The molecule has 0 spiro atoms. The van der Waals surface area contributed by atoms with Gasteiger partial charge in [-0.1, -0.05) is 32.1 Å². The van der Waals surface area contributed by atoms with Crippen molar-refractivity contribution in [1.29, 1.82) is 0 Å². The van der Waals surface area contributed by atoms with E-state index in [4.69, 9.17) is 14.2 Å². The number of hydrogen-bond acceptors (Lipinski definition) is 11. The summed E-state index contributed by atoms with van der Waals surface area (Å²) >= 11 is 0. The summed E-state index contributed by atoms with van der Waals surface area (Å²) < 4.78 is 45.5. The first-order valence-electron chi connectivity index (χ1n) is 20.6. The zero-order valence-electron chi connectivity index (χ0n) is 34.4. The number of fused-ring (bicyclic) bond motifs is 3. The molecule has 2 aliphatic carbocycles. The molecule has 316 valence electrons. The minimum atomic E-state index is -4.00. The van der Waals surface area contributed by atoms with E-state index < -0.39 is 73.8 Å². The lowest BCUT2D eigenvalue weighted by molar-refractivity contribution is -0.142. The Morgan fingerprint density at radius 2 is 1.79 bits per heavy atom. The standard InChI is InChI=1S/C42H58N6O9S/c1-26-10-7-8-11-28-24-42(28,38(51)46-58(53,54)41(6)15-16-41)45-35(49)33-23-29(25-48(33)37(50)34(27(2)22-26)44-39(52)57-40(3,4)5)56-36-31-12-9-13-32(30(31)14-17-43-36)47-18-20-55-21-19-47/h8-9,11-14,17,26-29,33-34H,7,10,15-16,18-25H2,1-6H3,(H,44,52)(H,45,49)(H,46,51)/b11-8-/t26-,27+,28+,29+,33-,34-,42+/m0/s1. The van der Waals surface area contributed by atoms with E-state index in [2.05, 4.69) is 38.2 Å². The van der Waals surface area contributed by atoms with Gasteiger partial charge in [0.1, 0.15) is 29.3 Å². The first kappa shape index (κ1) is 41.7. The predicted octanol–water partition coefficient (Wildman–Crippen LogP) is 4.20. The molecule has 1 aromatic carbocycles. The molecule has 3 aliphatic heterocycles. The number of aromatic nitrogens is 1. The molecule has 15 nitrogen and oxygen atoms in total. The van der Waals surface area contributed by atoms with Crippen molar-refractivity contribution in [3.05, 3.63) is 42.6 Å². The molecular weight excluding hydrogens is 765 g/mol. The van der Waals surface area contributed by atoms with Gasteiger partial charge in [0.05, 0.1) is 24.5 Å². The van der Waals surface area contributed by atoms with E-state index in [0.29, 0.717) is 44.8 Å². The largest absolute Gasteiger partial charge is 0.472 e. The van der Waals surface area contributed by atoms with E-state index in [-0.39, 0.29) is 31.2 Å². The smallest absolute Gasteiger partial charge is 0.408 e. The average Bonchev–Trinajstić information content (AvgIpc) is 4.05. The summed E-state index contributed by atoms with van der Waals surface area (Å²) in [7, 11) is -4.00. The molecule has 0 radical (unpaired) electrons. The number of alkyl carbamates (subject to hydrolysis) is 1. The first-order chi connectivity index (χ1) is 27.4. The lowest BCUT2D eigenvalue weighted by Gasteiger charge is -2.33. The summed E-state index contributed by atoms with van der Waals surface area (Å²) in [5.41, 5.74) is -1.33. The molecule has 0 bridgehead atoms. The number of carbonyl (C=O) groups is 4. The third-order valence-corrected chi connectivity index (χ3v) is 14.5. The Labute approximate surface area is 341 Å². The van der Waals surface area contributed by atoms with Crippen LogP contribution in [0.2, 0.25) is 0 Å². The van der Waals surface area contributed by atoms with E-state index >= 15 is 0 Å². The van der Waals surface area contributed by atoms with Crippen LogP contribution in [0.3, 0.4) is 0 Å². The van der Waals surface area contributed by atoms with Gasteiger partial charge in [-0.2, -0.15) is 0 Å². The maximum atomic E-state index is 14.9. The van der Waals surface area contributed by atoms with Crippen LogP contribution >= 0.6 is 0 Å². The molecule has 58 heavy (non-hydrogen) atoms. The molecule has 1 aromatic heterocycles. The van der Waals surface area contributed by atoms with E-state index in [9.17, 15) is 27.6 Å². The highest BCUT2D eigenvalue weighted by Crippen LogP contribution is 2.48. The van der Waals surface area contributed by atoms with Crippen LogP contribution in [0.15, 0.2) is 42.6 Å². The Kier molecular flexibility index (Phi) is 11.5. The van der Waals surface area contributed by atoms with E-state index in [1.165, 1.54) is 4.90 Å². The Morgan fingerprint density at radius 1 is 1.05 bits per heavy atom. The van der Waals surface area contributed by atoms with Crippen molar-refractivity contribution < 1.29 is 41.8 Å². The first-order valence-corrected chi connectivity index (χ1v) is 22.1. The summed E-state index contributed by atoms with van der Waals surface area (Å²) in [6.45, 7) is 13.5. The molecular formula is C42H58N6O9S. The molecule has 3 N–H and O–H groups in total. The van der Waals surface area contributed by atoms with E-state index in [1.807, 2.05) is 37.3 Å². The fourth-order valence-corrected chi connectivity index (χ4v) is 9.84. The molecule has 4 amide bonds. The van der Waals surface area contributed by atoms with Gasteiger partial charge in [-0.3, -0.25) is 19.1 Å². The fraction of sp³-hybridized carbons (Fsp3) is 0.643. The molecule has 4 heterocycles. The number of nitrogens with zero attached hydrogens (tertiary/aromatic N) is 3. The van der Waals surface area contributed by atoms with Crippen molar-refractivity contribution in [3.63, 3.8) is 0 Å². The van der Waals surface area contributed by atoms with Crippen LogP contribution in [0.1, 0.15) is 86.5 Å². The number of sulfonamides is 1. The van der Waals surface area contributed by atoms with Crippen LogP contribution in [-0.2, 0) is 33.9 Å². The summed E-state index contributed by atoms with van der Waals surface area (Å²) in [6.07, 6.45) is 7.26. The van der Waals surface area contributed by atoms with Gasteiger partial charge in [-0.25, -0.2) is 18.2 Å². The van der Waals surface area contributed by atoms with Gasteiger partial charge in [-0.05, 0) is 96.3 Å². The number of benzene rings is 1. The van der Waals surface area contributed by atoms with Gasteiger partial charge in [-0.15, -0.1) is 0 Å². The van der Waals surface area contributed by atoms with Crippen molar-refractivity contribution in [2.75, 3.05) is 37.7 Å². The Balaban J connectivity index is 1.22. The summed E-state index contributed by atoms with van der Waals surface area (Å²) in [5, 5.41) is 7.47. The number of ether oxygens (including phenoxy) is 3. The van der Waals surface area contributed by atoms with Crippen molar-refractivity contribution in [2.45, 2.75) is 121 Å². The van der Waals surface area contributed by atoms with Gasteiger partial charge >= 0.3 is 6.09 Å². The molecule has 2 aromatic rings. The zero-order chi connectivity index (χ0) is 41.6. The van der Waals surface area contributed by atoms with Crippen molar-refractivity contribution in [2.24, 2.45) is 17.8 Å². The molecule has 2 saturated carbocycles. The van der Waals surface area contributed by atoms with Crippen molar-refractivity contribution in [3.8, 4) is 5.88 Å². The van der Waals surface area contributed by atoms with Gasteiger partial charge in [0.25, 0.3) is 5.91 Å². The molecule has 0 unspecified atom stereocenters. The third kappa shape index (κ3) is 8.77. The van der Waals surface area contributed by atoms with E-state index in [0.717, 1.165) is 36.0 Å². The number of nitrogens with one attached hydrogen (secondary N) is 3. The molecule has 5 aliphatic rings. The SMILES string of the molecule is C[C@H]1CC/C=C\[C@@H]2C[C@@]2(C(=O)NS(=O)(=O)C2(C)CC2)NC(=O)[C@@H]2C[C@@H](Oc3nccc4c(N5CCOCC5)cccc34)CN2C(=O)[C@@H](NC(=O)OC(C)(C)C)[C@H](C)C1. The molecule has 16 heteroatoms. The minimum Gasteiger partial charge on any atom is -0.472 e. The number of allylic oxidation sites excluding steroid dienone is 1. The number of anilines is 1. The second kappa shape index (κ2) is 16.0. The second-order valence-electron chi connectivity index (χ2n) is 18.2.